The van der Waals surface area contributed by atoms with E-state index in [4.69, 9.17) is 5.73 Å². The highest BCUT2D eigenvalue weighted by Crippen LogP contribution is 2.49. The van der Waals surface area contributed by atoms with E-state index < -0.39 is 5.41 Å². The van der Waals surface area contributed by atoms with Gasteiger partial charge in [0.15, 0.2) is 0 Å². The molecule has 21 heavy (non-hydrogen) atoms. The molecule has 0 aliphatic heterocycles. The molecule has 5 heteroatoms. The van der Waals surface area contributed by atoms with Gasteiger partial charge in [-0.1, -0.05) is 12.1 Å². The molecule has 0 unspecified atom stereocenters. The van der Waals surface area contributed by atoms with E-state index in [0.717, 1.165) is 18.4 Å². The molecular weight excluding hydrogens is 335 g/mol. The van der Waals surface area contributed by atoms with Crippen LogP contribution in [-0.4, -0.2) is 5.91 Å². The Kier molecular flexibility index (Phi) is 3.45. The second-order valence-electron chi connectivity index (χ2n) is 5.29. The number of halogens is 2. The van der Waals surface area contributed by atoms with E-state index in [1.165, 1.54) is 6.07 Å². The van der Waals surface area contributed by atoms with E-state index in [2.05, 4.69) is 21.2 Å². The first-order chi connectivity index (χ1) is 10.0. The molecule has 2 aromatic carbocycles. The minimum Gasteiger partial charge on any atom is -0.399 e. The number of nitrogens with one attached hydrogen (secondary N) is 1. The summed E-state index contributed by atoms with van der Waals surface area (Å²) in [5.74, 6) is -0.418. The van der Waals surface area contributed by atoms with Crippen LogP contribution in [0, 0.1) is 5.82 Å². The number of anilines is 2. The summed E-state index contributed by atoms with van der Waals surface area (Å²) < 4.78 is 13.5. The lowest BCUT2D eigenvalue weighted by Crippen LogP contribution is -2.27. The first-order valence-corrected chi connectivity index (χ1v) is 7.43. The van der Waals surface area contributed by atoms with Crippen molar-refractivity contribution in [3.8, 4) is 0 Å². The molecule has 0 radical (unpaired) electrons. The van der Waals surface area contributed by atoms with Gasteiger partial charge in [-0.25, -0.2) is 4.39 Å². The maximum Gasteiger partial charge on any atom is 0.235 e. The van der Waals surface area contributed by atoms with Crippen LogP contribution in [0.3, 0.4) is 0 Å². The Morgan fingerprint density at radius 3 is 2.43 bits per heavy atom. The van der Waals surface area contributed by atoms with Gasteiger partial charge >= 0.3 is 0 Å². The maximum atomic E-state index is 13.2. The van der Waals surface area contributed by atoms with Crippen LogP contribution in [0.5, 0.6) is 0 Å². The molecule has 2 aromatic rings. The molecule has 3 rings (SSSR count). The first-order valence-electron chi connectivity index (χ1n) is 6.64. The van der Waals surface area contributed by atoms with Crippen molar-refractivity contribution >= 4 is 33.2 Å². The molecule has 0 bridgehead atoms. The van der Waals surface area contributed by atoms with Crippen molar-refractivity contribution < 1.29 is 9.18 Å². The van der Waals surface area contributed by atoms with Gasteiger partial charge in [-0.2, -0.15) is 0 Å². The number of nitrogens with two attached hydrogens (primary N) is 1. The quantitative estimate of drug-likeness (QED) is 0.828. The van der Waals surface area contributed by atoms with Crippen molar-refractivity contribution in [1.82, 2.24) is 0 Å². The molecule has 0 aromatic heterocycles. The summed E-state index contributed by atoms with van der Waals surface area (Å²) in [5.41, 5.74) is 7.43. The van der Waals surface area contributed by atoms with Gasteiger partial charge in [0.25, 0.3) is 0 Å². The van der Waals surface area contributed by atoms with E-state index in [0.29, 0.717) is 15.8 Å². The smallest absolute Gasteiger partial charge is 0.235 e. The number of rotatable bonds is 3. The van der Waals surface area contributed by atoms with Crippen LogP contribution in [0.15, 0.2) is 46.9 Å². The highest BCUT2D eigenvalue weighted by atomic mass is 79.9. The molecule has 0 atom stereocenters. The predicted molar refractivity (Wildman–Crippen MR) is 84.5 cm³/mol. The standard InChI is InChI=1S/C16H14BrFN2O/c17-13-9-12(5-6-14(13)18)20-15(21)16(7-8-16)10-1-3-11(19)4-2-10/h1-6,9H,7-8,19H2,(H,20,21). The molecule has 0 saturated heterocycles. The Hall–Kier alpha value is -1.88. The zero-order valence-electron chi connectivity index (χ0n) is 11.2. The largest absolute Gasteiger partial charge is 0.399 e. The molecule has 108 valence electrons. The number of hydrogen-bond acceptors (Lipinski definition) is 2. The summed E-state index contributed by atoms with van der Waals surface area (Å²) in [7, 11) is 0. The average Bonchev–Trinajstić information content (AvgIpc) is 3.25. The van der Waals surface area contributed by atoms with Crippen LogP contribution in [0.4, 0.5) is 15.8 Å². The Morgan fingerprint density at radius 2 is 1.86 bits per heavy atom. The second kappa shape index (κ2) is 5.15. The lowest BCUT2D eigenvalue weighted by molar-refractivity contribution is -0.118. The molecule has 1 fully saturated rings. The van der Waals surface area contributed by atoms with Gasteiger partial charge in [-0.05, 0) is 64.7 Å². The summed E-state index contributed by atoms with van der Waals surface area (Å²) in [6, 6.07) is 11.8. The second-order valence-corrected chi connectivity index (χ2v) is 6.14. The summed E-state index contributed by atoms with van der Waals surface area (Å²) in [4.78, 5) is 12.5. The van der Waals surface area contributed by atoms with E-state index in [-0.39, 0.29) is 11.7 Å². The lowest BCUT2D eigenvalue weighted by Gasteiger charge is -2.16. The molecule has 3 N–H and O–H groups in total. The normalized spacial score (nSPS) is 15.5. The van der Waals surface area contributed by atoms with Crippen molar-refractivity contribution in [1.29, 1.82) is 0 Å². The highest BCUT2D eigenvalue weighted by Gasteiger charge is 2.51. The van der Waals surface area contributed by atoms with Gasteiger partial charge in [0, 0.05) is 11.4 Å². The number of nitrogen functional groups attached to an aromatic ring is 1. The van der Waals surface area contributed by atoms with Crippen LogP contribution in [-0.2, 0) is 10.2 Å². The van der Waals surface area contributed by atoms with Crippen molar-refractivity contribution in [2.75, 3.05) is 11.1 Å². The summed E-state index contributed by atoms with van der Waals surface area (Å²) >= 11 is 3.11. The number of carbonyl (C=O) groups excluding carboxylic acids is 1. The minimum atomic E-state index is -0.478. The van der Waals surface area contributed by atoms with Crippen molar-refractivity contribution in [2.24, 2.45) is 0 Å². The fourth-order valence-corrected chi connectivity index (χ4v) is 2.78. The van der Waals surface area contributed by atoms with E-state index >= 15 is 0 Å². The number of carbonyl (C=O) groups is 1. The van der Waals surface area contributed by atoms with Gasteiger partial charge < -0.3 is 11.1 Å². The summed E-state index contributed by atoms with van der Waals surface area (Å²) in [6.45, 7) is 0. The maximum absolute atomic E-state index is 13.2. The fraction of sp³-hybridized carbons (Fsp3) is 0.188. The Labute approximate surface area is 130 Å². The Morgan fingerprint density at radius 1 is 1.19 bits per heavy atom. The molecule has 3 nitrogen and oxygen atoms in total. The van der Waals surface area contributed by atoms with Crippen LogP contribution < -0.4 is 11.1 Å². The molecule has 1 aliphatic carbocycles. The minimum absolute atomic E-state index is 0.0641. The Balaban J connectivity index is 1.81. The SMILES string of the molecule is Nc1ccc(C2(C(=O)Nc3ccc(F)c(Br)c3)CC2)cc1. The number of hydrogen-bond donors (Lipinski definition) is 2. The van der Waals surface area contributed by atoms with Crippen molar-refractivity contribution in [2.45, 2.75) is 18.3 Å². The Bertz CT molecular complexity index is 696. The zero-order valence-corrected chi connectivity index (χ0v) is 12.8. The molecule has 0 spiro atoms. The predicted octanol–water partition coefficient (Wildman–Crippen LogP) is 3.84. The van der Waals surface area contributed by atoms with Crippen molar-refractivity contribution in [3.05, 3.63) is 58.3 Å². The molecule has 1 amide bonds. The molecule has 1 aliphatic rings. The molecular formula is C16H14BrFN2O. The first kappa shape index (κ1) is 14.1. The number of amides is 1. The van der Waals surface area contributed by atoms with E-state index in [1.54, 1.807) is 24.3 Å². The zero-order chi connectivity index (χ0) is 15.0. The van der Waals surface area contributed by atoms with Crippen LogP contribution in [0.2, 0.25) is 0 Å². The van der Waals surface area contributed by atoms with Gasteiger partial charge in [0.05, 0.1) is 9.89 Å². The van der Waals surface area contributed by atoms with E-state index in [1.807, 2.05) is 12.1 Å². The van der Waals surface area contributed by atoms with Gasteiger partial charge in [0.2, 0.25) is 5.91 Å². The summed E-state index contributed by atoms with van der Waals surface area (Å²) in [6.07, 6.45) is 1.62. The van der Waals surface area contributed by atoms with Gasteiger partial charge in [-0.3, -0.25) is 4.79 Å². The fourth-order valence-electron chi connectivity index (χ4n) is 2.40. The molecule has 1 saturated carbocycles. The third-order valence-corrected chi connectivity index (χ3v) is 4.43. The van der Waals surface area contributed by atoms with Gasteiger partial charge in [0.1, 0.15) is 5.82 Å². The van der Waals surface area contributed by atoms with E-state index in [9.17, 15) is 9.18 Å². The molecule has 0 heterocycles. The third kappa shape index (κ3) is 2.65. The van der Waals surface area contributed by atoms with Crippen LogP contribution in [0.25, 0.3) is 0 Å². The van der Waals surface area contributed by atoms with Crippen LogP contribution in [0.1, 0.15) is 18.4 Å². The number of benzene rings is 2. The highest BCUT2D eigenvalue weighted by molar-refractivity contribution is 9.10. The lowest BCUT2D eigenvalue weighted by atomic mass is 9.94. The average molecular weight is 349 g/mol. The van der Waals surface area contributed by atoms with Crippen molar-refractivity contribution in [3.63, 3.8) is 0 Å². The monoisotopic (exact) mass is 348 g/mol. The van der Waals surface area contributed by atoms with Crippen LogP contribution >= 0.6 is 15.9 Å². The third-order valence-electron chi connectivity index (χ3n) is 3.83. The van der Waals surface area contributed by atoms with Gasteiger partial charge in [-0.15, -0.1) is 0 Å². The summed E-state index contributed by atoms with van der Waals surface area (Å²) in [5, 5.41) is 2.86. The topological polar surface area (TPSA) is 55.1 Å².